The zero-order chi connectivity index (χ0) is 13.7. The van der Waals surface area contributed by atoms with Crippen molar-refractivity contribution in [1.82, 2.24) is 9.97 Å². The van der Waals surface area contributed by atoms with E-state index in [0.29, 0.717) is 24.5 Å². The second-order valence-electron chi connectivity index (χ2n) is 5.50. The molecule has 0 radical (unpaired) electrons. The van der Waals surface area contributed by atoms with Gasteiger partial charge in [0.15, 0.2) is 0 Å². The number of rotatable bonds is 6. The van der Waals surface area contributed by atoms with Crippen molar-refractivity contribution in [3.63, 3.8) is 0 Å². The minimum absolute atomic E-state index is 0.434. The molecule has 1 fully saturated rings. The molecule has 0 aromatic carbocycles. The third-order valence-electron chi connectivity index (χ3n) is 3.75. The summed E-state index contributed by atoms with van der Waals surface area (Å²) >= 11 is 0. The summed E-state index contributed by atoms with van der Waals surface area (Å²) in [5.74, 6) is 2.13. The number of hydrogen-bond donors (Lipinski definition) is 1. The van der Waals surface area contributed by atoms with E-state index in [9.17, 15) is 0 Å². The maximum Gasteiger partial charge on any atom is 0.226 e. The van der Waals surface area contributed by atoms with E-state index in [1.54, 1.807) is 0 Å². The molecule has 0 aliphatic heterocycles. The van der Waals surface area contributed by atoms with Crippen molar-refractivity contribution in [3.05, 3.63) is 11.8 Å². The van der Waals surface area contributed by atoms with Gasteiger partial charge in [-0.05, 0) is 39.0 Å². The molecule has 0 spiro atoms. The maximum absolute atomic E-state index is 5.59. The zero-order valence-electron chi connectivity index (χ0n) is 12.3. The van der Waals surface area contributed by atoms with Gasteiger partial charge in [-0.3, -0.25) is 0 Å². The molecule has 0 amide bonds. The van der Waals surface area contributed by atoms with Gasteiger partial charge in [0.05, 0.1) is 6.61 Å². The van der Waals surface area contributed by atoms with Crippen molar-refractivity contribution in [3.8, 4) is 5.88 Å². The lowest BCUT2D eigenvalue weighted by molar-refractivity contribution is 0.304. The number of nitrogens with one attached hydrogen (secondary N) is 1. The number of aromatic nitrogens is 2. The van der Waals surface area contributed by atoms with Crippen molar-refractivity contribution in [2.24, 2.45) is 5.92 Å². The third-order valence-corrected chi connectivity index (χ3v) is 3.75. The molecule has 1 unspecified atom stereocenters. The number of aryl methyl sites for hydroxylation is 1. The highest BCUT2D eigenvalue weighted by molar-refractivity contribution is 5.31. The molecule has 0 bridgehead atoms. The lowest BCUT2D eigenvalue weighted by atomic mass is 10.0. The highest BCUT2D eigenvalue weighted by Gasteiger charge is 2.22. The van der Waals surface area contributed by atoms with Crippen molar-refractivity contribution < 1.29 is 4.74 Å². The summed E-state index contributed by atoms with van der Waals surface area (Å²) in [6, 6.07) is 2.32. The fraction of sp³-hybridized carbons (Fsp3) is 0.733. The van der Waals surface area contributed by atoms with Gasteiger partial charge in [0, 0.05) is 17.8 Å². The van der Waals surface area contributed by atoms with Crippen molar-refractivity contribution in [2.45, 2.75) is 58.9 Å². The number of nitrogens with zero attached hydrogens (tertiary/aromatic N) is 2. The Balaban J connectivity index is 2.00. The van der Waals surface area contributed by atoms with Crippen LogP contribution >= 0.6 is 0 Å². The van der Waals surface area contributed by atoms with Gasteiger partial charge >= 0.3 is 0 Å². The third kappa shape index (κ3) is 4.08. The van der Waals surface area contributed by atoms with Gasteiger partial charge in [-0.2, -0.15) is 4.98 Å². The molecule has 2 rings (SSSR count). The van der Waals surface area contributed by atoms with Gasteiger partial charge < -0.3 is 10.1 Å². The molecule has 1 atom stereocenters. The molecule has 19 heavy (non-hydrogen) atoms. The zero-order valence-corrected chi connectivity index (χ0v) is 12.3. The Morgan fingerprint density at radius 1 is 1.37 bits per heavy atom. The topological polar surface area (TPSA) is 47.0 Å². The van der Waals surface area contributed by atoms with Crippen LogP contribution in [-0.4, -0.2) is 22.6 Å². The Labute approximate surface area is 116 Å². The van der Waals surface area contributed by atoms with Crippen LogP contribution in [0.2, 0.25) is 0 Å². The van der Waals surface area contributed by atoms with Gasteiger partial charge in [-0.1, -0.05) is 19.8 Å². The van der Waals surface area contributed by atoms with Crippen LogP contribution in [0.4, 0.5) is 5.95 Å². The van der Waals surface area contributed by atoms with Gasteiger partial charge in [-0.25, -0.2) is 4.98 Å². The maximum atomic E-state index is 5.59. The summed E-state index contributed by atoms with van der Waals surface area (Å²) < 4.78 is 5.59. The van der Waals surface area contributed by atoms with Crippen molar-refractivity contribution in [1.29, 1.82) is 0 Å². The quantitative estimate of drug-likeness (QED) is 0.852. The predicted molar refractivity (Wildman–Crippen MR) is 77.6 cm³/mol. The van der Waals surface area contributed by atoms with Crippen LogP contribution in [0, 0.1) is 12.8 Å². The molecular formula is C15H25N3O. The Morgan fingerprint density at radius 3 is 2.79 bits per heavy atom. The van der Waals surface area contributed by atoms with Crippen molar-refractivity contribution >= 4 is 5.95 Å². The summed E-state index contributed by atoms with van der Waals surface area (Å²) in [6.45, 7) is 7.00. The fourth-order valence-corrected chi connectivity index (χ4v) is 2.66. The van der Waals surface area contributed by atoms with E-state index in [1.807, 2.05) is 13.0 Å². The van der Waals surface area contributed by atoms with E-state index in [2.05, 4.69) is 29.1 Å². The average molecular weight is 263 g/mol. The Kier molecular flexibility index (Phi) is 5.00. The van der Waals surface area contributed by atoms with Gasteiger partial charge in [0.2, 0.25) is 11.8 Å². The first-order valence-corrected chi connectivity index (χ1v) is 7.44. The minimum Gasteiger partial charge on any atom is -0.478 e. The molecule has 1 aliphatic carbocycles. The molecule has 4 heteroatoms. The smallest absolute Gasteiger partial charge is 0.226 e. The lowest BCUT2D eigenvalue weighted by Gasteiger charge is -2.20. The number of ether oxygens (including phenoxy) is 1. The number of anilines is 1. The van der Waals surface area contributed by atoms with E-state index in [4.69, 9.17) is 4.74 Å². The van der Waals surface area contributed by atoms with Crippen molar-refractivity contribution in [2.75, 3.05) is 11.9 Å². The normalized spacial score (nSPS) is 17.4. The molecule has 1 aliphatic rings. The summed E-state index contributed by atoms with van der Waals surface area (Å²) in [7, 11) is 0. The first-order valence-electron chi connectivity index (χ1n) is 7.44. The lowest BCUT2D eigenvalue weighted by Crippen LogP contribution is -2.25. The van der Waals surface area contributed by atoms with Crippen LogP contribution in [0.3, 0.4) is 0 Å². The SMILES string of the molecule is CCCOc1cc(C)nc(NC(C)C2CCCC2)n1. The highest BCUT2D eigenvalue weighted by Crippen LogP contribution is 2.28. The second kappa shape index (κ2) is 6.73. The molecule has 1 saturated carbocycles. The van der Waals surface area contributed by atoms with E-state index in [1.165, 1.54) is 25.7 Å². The first-order chi connectivity index (χ1) is 9.19. The van der Waals surface area contributed by atoms with Crippen LogP contribution in [-0.2, 0) is 0 Å². The van der Waals surface area contributed by atoms with Crippen LogP contribution in [0.1, 0.15) is 51.6 Å². The molecule has 1 N–H and O–H groups in total. The van der Waals surface area contributed by atoms with Crippen LogP contribution in [0.25, 0.3) is 0 Å². The van der Waals surface area contributed by atoms with Gasteiger partial charge in [0.1, 0.15) is 0 Å². The highest BCUT2D eigenvalue weighted by atomic mass is 16.5. The monoisotopic (exact) mass is 263 g/mol. The standard InChI is InChI=1S/C15H25N3O/c1-4-9-19-14-10-11(2)16-15(18-14)17-12(3)13-7-5-6-8-13/h10,12-13H,4-9H2,1-3H3,(H,16,17,18). The molecule has 0 saturated heterocycles. The van der Waals surface area contributed by atoms with Gasteiger partial charge in [-0.15, -0.1) is 0 Å². The molecule has 1 aromatic rings. The largest absolute Gasteiger partial charge is 0.478 e. The van der Waals surface area contributed by atoms with Crippen LogP contribution in [0.5, 0.6) is 5.88 Å². The summed E-state index contributed by atoms with van der Waals surface area (Å²) in [5.41, 5.74) is 0.947. The molecule has 106 valence electrons. The Bertz CT molecular complexity index is 402. The molecule has 1 heterocycles. The molecule has 4 nitrogen and oxygen atoms in total. The second-order valence-corrected chi connectivity index (χ2v) is 5.50. The van der Waals surface area contributed by atoms with E-state index in [-0.39, 0.29) is 0 Å². The van der Waals surface area contributed by atoms with E-state index in [0.717, 1.165) is 18.0 Å². The predicted octanol–water partition coefficient (Wildman–Crippen LogP) is 3.56. The summed E-state index contributed by atoms with van der Waals surface area (Å²) in [4.78, 5) is 8.89. The Hall–Kier alpha value is -1.32. The van der Waals surface area contributed by atoms with Crippen LogP contribution in [0.15, 0.2) is 6.07 Å². The van der Waals surface area contributed by atoms with E-state index >= 15 is 0 Å². The average Bonchev–Trinajstić information content (AvgIpc) is 2.89. The van der Waals surface area contributed by atoms with E-state index < -0.39 is 0 Å². The Morgan fingerprint density at radius 2 is 2.11 bits per heavy atom. The number of hydrogen-bond acceptors (Lipinski definition) is 4. The van der Waals surface area contributed by atoms with Crippen LogP contribution < -0.4 is 10.1 Å². The molecule has 1 aromatic heterocycles. The fourth-order valence-electron chi connectivity index (χ4n) is 2.66. The first kappa shape index (κ1) is 14.1. The summed E-state index contributed by atoms with van der Waals surface area (Å²) in [6.07, 6.45) is 6.34. The minimum atomic E-state index is 0.434. The molecular weight excluding hydrogens is 238 g/mol. The summed E-state index contributed by atoms with van der Waals surface area (Å²) in [5, 5.41) is 3.44. The van der Waals surface area contributed by atoms with Gasteiger partial charge in [0.25, 0.3) is 0 Å².